The molecule has 2 unspecified atom stereocenters. The first-order chi connectivity index (χ1) is 17.8. The summed E-state index contributed by atoms with van der Waals surface area (Å²) < 4.78 is 45.4. The highest BCUT2D eigenvalue weighted by Crippen LogP contribution is 2.33. The maximum Gasteiger partial charge on any atom is 0.417 e. The van der Waals surface area contributed by atoms with Crippen molar-refractivity contribution < 1.29 is 27.5 Å². The monoisotopic (exact) mass is 542 g/mol. The zero-order valence-corrected chi connectivity index (χ0v) is 21.7. The van der Waals surface area contributed by atoms with Crippen LogP contribution in [0.5, 0.6) is 0 Å². The van der Waals surface area contributed by atoms with Crippen LogP contribution in [0.1, 0.15) is 59.3 Å². The molecule has 0 radical (unpaired) electrons. The molecule has 1 amide bonds. The molecule has 1 N–H and O–H groups in total. The number of halogens is 4. The van der Waals surface area contributed by atoms with Gasteiger partial charge in [-0.05, 0) is 74.7 Å². The standard InChI is InChI=1S/C29H26ClF3N2O3/c1-18(24(16-19-11-13-22(30)14-12-19)21-8-6-7-20(15-21)17-34)35-27(37)28(2,3)38-26(36)23-9-4-5-10-25(23)29(31,32)33/h4-15,18,24H,16H2,1-3H3,(H,35,37). The molecule has 0 spiro atoms. The first-order valence-corrected chi connectivity index (χ1v) is 12.1. The van der Waals surface area contributed by atoms with Crippen LogP contribution in [0.3, 0.4) is 0 Å². The molecule has 3 aromatic rings. The van der Waals surface area contributed by atoms with Crippen LogP contribution in [0.2, 0.25) is 5.02 Å². The van der Waals surface area contributed by atoms with E-state index in [4.69, 9.17) is 16.3 Å². The van der Waals surface area contributed by atoms with E-state index in [9.17, 15) is 28.0 Å². The number of hydrogen-bond acceptors (Lipinski definition) is 4. The highest BCUT2D eigenvalue weighted by Gasteiger charge is 2.39. The molecule has 0 aliphatic heterocycles. The van der Waals surface area contributed by atoms with Crippen LogP contribution in [-0.2, 0) is 22.1 Å². The molecule has 38 heavy (non-hydrogen) atoms. The molecule has 0 saturated carbocycles. The molecule has 0 aliphatic rings. The van der Waals surface area contributed by atoms with Gasteiger partial charge >= 0.3 is 12.1 Å². The molecule has 198 valence electrons. The summed E-state index contributed by atoms with van der Waals surface area (Å²) in [5.74, 6) is -2.23. The Morgan fingerprint density at radius 3 is 2.32 bits per heavy atom. The van der Waals surface area contributed by atoms with E-state index in [1.54, 1.807) is 37.3 Å². The second kappa shape index (κ2) is 11.7. The summed E-state index contributed by atoms with van der Waals surface area (Å²) in [7, 11) is 0. The van der Waals surface area contributed by atoms with Gasteiger partial charge in [0.05, 0.1) is 22.8 Å². The quantitative estimate of drug-likeness (QED) is 0.321. The molecule has 0 aromatic heterocycles. The van der Waals surface area contributed by atoms with Crippen LogP contribution in [0.4, 0.5) is 13.2 Å². The summed E-state index contributed by atoms with van der Waals surface area (Å²) in [6.07, 6.45) is -4.27. The molecular weight excluding hydrogens is 517 g/mol. The lowest BCUT2D eigenvalue weighted by Gasteiger charge is -2.30. The number of rotatable bonds is 8. The lowest BCUT2D eigenvalue weighted by Crippen LogP contribution is -2.50. The number of alkyl halides is 3. The molecule has 0 heterocycles. The first kappa shape index (κ1) is 28.7. The van der Waals surface area contributed by atoms with Gasteiger partial charge in [0, 0.05) is 17.0 Å². The smallest absolute Gasteiger partial charge is 0.417 e. The van der Waals surface area contributed by atoms with Gasteiger partial charge in [0.1, 0.15) is 0 Å². The van der Waals surface area contributed by atoms with Gasteiger partial charge in [-0.25, -0.2) is 4.79 Å². The average molecular weight is 543 g/mol. The maximum atomic E-state index is 13.4. The minimum absolute atomic E-state index is 0.286. The van der Waals surface area contributed by atoms with Crippen molar-refractivity contribution in [2.45, 2.75) is 50.9 Å². The highest BCUT2D eigenvalue weighted by molar-refractivity contribution is 6.30. The third kappa shape index (κ3) is 7.14. The fourth-order valence-corrected chi connectivity index (χ4v) is 4.15. The number of ether oxygens (including phenoxy) is 1. The van der Waals surface area contributed by atoms with Gasteiger partial charge < -0.3 is 10.1 Å². The summed E-state index contributed by atoms with van der Waals surface area (Å²) >= 11 is 6.01. The zero-order chi connectivity index (χ0) is 28.1. The largest absolute Gasteiger partial charge is 0.446 e. The SMILES string of the molecule is CC(NC(=O)C(C)(C)OC(=O)c1ccccc1C(F)(F)F)C(Cc1ccc(Cl)cc1)c1cccc(C#N)c1. The fraction of sp³-hybridized carbons (Fsp3) is 0.276. The van der Waals surface area contributed by atoms with Crippen molar-refractivity contribution in [3.05, 3.63) is 106 Å². The van der Waals surface area contributed by atoms with Gasteiger partial charge in [0.2, 0.25) is 0 Å². The summed E-state index contributed by atoms with van der Waals surface area (Å²) in [4.78, 5) is 25.9. The van der Waals surface area contributed by atoms with Crippen molar-refractivity contribution in [3.63, 3.8) is 0 Å². The van der Waals surface area contributed by atoms with E-state index in [1.807, 2.05) is 18.2 Å². The number of nitrogens with zero attached hydrogens (tertiary/aromatic N) is 1. The molecule has 2 atom stereocenters. The molecule has 0 fully saturated rings. The summed E-state index contributed by atoms with van der Waals surface area (Å²) in [5.41, 5.74) is -1.39. The van der Waals surface area contributed by atoms with E-state index in [1.165, 1.54) is 26.0 Å². The number of esters is 1. The van der Waals surface area contributed by atoms with Gasteiger partial charge in [-0.1, -0.05) is 48.0 Å². The van der Waals surface area contributed by atoms with E-state index in [0.717, 1.165) is 23.3 Å². The normalized spacial score (nSPS) is 13.2. The second-order valence-electron chi connectivity index (χ2n) is 9.38. The number of carbonyl (C=O) groups excluding carboxylic acids is 2. The predicted octanol–water partition coefficient (Wildman–Crippen LogP) is 6.70. The van der Waals surface area contributed by atoms with Crippen LogP contribution in [0.25, 0.3) is 0 Å². The number of amides is 1. The number of nitrogens with one attached hydrogen (secondary N) is 1. The zero-order valence-electron chi connectivity index (χ0n) is 21.0. The van der Waals surface area contributed by atoms with Crippen LogP contribution in [-0.4, -0.2) is 23.5 Å². The molecule has 9 heteroatoms. The third-order valence-corrected chi connectivity index (χ3v) is 6.37. The Morgan fingerprint density at radius 2 is 1.68 bits per heavy atom. The maximum absolute atomic E-state index is 13.4. The Hall–Kier alpha value is -3.83. The highest BCUT2D eigenvalue weighted by atomic mass is 35.5. The average Bonchev–Trinajstić information content (AvgIpc) is 2.87. The Morgan fingerprint density at radius 1 is 1.03 bits per heavy atom. The third-order valence-electron chi connectivity index (χ3n) is 6.12. The lowest BCUT2D eigenvalue weighted by molar-refractivity contribution is -0.139. The van der Waals surface area contributed by atoms with Crippen LogP contribution in [0, 0.1) is 11.3 Å². The number of hydrogen-bond donors (Lipinski definition) is 1. The molecule has 3 aromatic carbocycles. The van der Waals surface area contributed by atoms with E-state index < -0.39 is 40.8 Å². The number of nitriles is 1. The van der Waals surface area contributed by atoms with Gasteiger partial charge in [-0.15, -0.1) is 0 Å². The minimum atomic E-state index is -4.76. The summed E-state index contributed by atoms with van der Waals surface area (Å²) in [5, 5.41) is 12.8. The van der Waals surface area contributed by atoms with Crippen LogP contribution >= 0.6 is 11.6 Å². The Kier molecular flexibility index (Phi) is 8.85. The van der Waals surface area contributed by atoms with Crippen molar-refractivity contribution in [1.29, 1.82) is 5.26 Å². The first-order valence-electron chi connectivity index (χ1n) is 11.8. The van der Waals surface area contributed by atoms with E-state index in [2.05, 4.69) is 11.4 Å². The molecule has 5 nitrogen and oxygen atoms in total. The number of benzene rings is 3. The van der Waals surface area contributed by atoms with Crippen LogP contribution in [0.15, 0.2) is 72.8 Å². The fourth-order valence-electron chi connectivity index (χ4n) is 4.02. The summed E-state index contributed by atoms with van der Waals surface area (Å²) in [6.45, 7) is 4.40. The van der Waals surface area contributed by atoms with Gasteiger partial charge in [0.15, 0.2) is 5.60 Å². The molecule has 0 saturated heterocycles. The Balaban J connectivity index is 1.82. The Labute approximate surface area is 224 Å². The van der Waals surface area contributed by atoms with Gasteiger partial charge in [-0.2, -0.15) is 18.4 Å². The van der Waals surface area contributed by atoms with Crippen molar-refractivity contribution in [2.24, 2.45) is 0 Å². The van der Waals surface area contributed by atoms with Crippen molar-refractivity contribution >= 4 is 23.5 Å². The lowest BCUT2D eigenvalue weighted by atomic mass is 9.85. The van der Waals surface area contributed by atoms with E-state index in [0.29, 0.717) is 17.0 Å². The number of carbonyl (C=O) groups is 2. The van der Waals surface area contributed by atoms with Gasteiger partial charge in [0.25, 0.3) is 5.91 Å². The second-order valence-corrected chi connectivity index (χ2v) is 9.82. The predicted molar refractivity (Wildman–Crippen MR) is 138 cm³/mol. The topological polar surface area (TPSA) is 79.2 Å². The van der Waals surface area contributed by atoms with Crippen LogP contribution < -0.4 is 5.32 Å². The van der Waals surface area contributed by atoms with Crippen molar-refractivity contribution in [2.75, 3.05) is 0 Å². The van der Waals surface area contributed by atoms with Crippen molar-refractivity contribution in [1.82, 2.24) is 5.32 Å². The molecule has 0 bridgehead atoms. The molecule has 3 rings (SSSR count). The summed E-state index contributed by atoms with van der Waals surface area (Å²) in [6, 6.07) is 20.1. The van der Waals surface area contributed by atoms with E-state index >= 15 is 0 Å². The van der Waals surface area contributed by atoms with E-state index in [-0.39, 0.29) is 5.92 Å². The molecular formula is C29H26ClF3N2O3. The van der Waals surface area contributed by atoms with Gasteiger partial charge in [-0.3, -0.25) is 4.79 Å². The molecule has 0 aliphatic carbocycles. The van der Waals surface area contributed by atoms with Crippen molar-refractivity contribution in [3.8, 4) is 6.07 Å². The minimum Gasteiger partial charge on any atom is -0.446 e. The Bertz CT molecular complexity index is 1350.